The number of aromatic nitrogens is 2. The number of halogens is 30. The first-order valence-electron chi connectivity index (χ1n) is 28.6. The predicted octanol–water partition coefficient (Wildman–Crippen LogP) is 26.4. The predicted molar refractivity (Wildman–Crippen MR) is 312 cm³/mol. The number of rotatable bonds is 7. The molecule has 0 fully saturated rings. The number of fused-ring (bicyclic) bond motifs is 6. The summed E-state index contributed by atoms with van der Waals surface area (Å²) in [4.78, 5) is 0. The van der Waals surface area contributed by atoms with Crippen LogP contribution in [0, 0.1) is 0 Å². The van der Waals surface area contributed by atoms with Gasteiger partial charge in [0.05, 0.1) is 83.5 Å². The average Bonchev–Trinajstić information content (AvgIpc) is 1.22. The summed E-state index contributed by atoms with van der Waals surface area (Å²) in [7, 11) is 0. The van der Waals surface area contributed by atoms with Crippen LogP contribution in [0.3, 0.4) is 0 Å². The lowest BCUT2D eigenvalue weighted by atomic mass is 9.95. The number of hydrogen-bond acceptors (Lipinski definition) is 0. The summed E-state index contributed by atoms with van der Waals surface area (Å²) in [5.74, 6) is 0. The number of nitrogens with zero attached hydrogens (tertiary/aromatic N) is 2. The molecule has 2 heterocycles. The topological polar surface area (TPSA) is 9.86 Å². The van der Waals surface area contributed by atoms with Crippen molar-refractivity contribution in [2.45, 2.75) is 61.8 Å². The Labute approximate surface area is 549 Å². The van der Waals surface area contributed by atoms with Crippen LogP contribution in [-0.4, -0.2) is 9.13 Å². The van der Waals surface area contributed by atoms with Crippen molar-refractivity contribution < 1.29 is 132 Å². The molecular weight excluding hydrogens is 1440 g/mol. The molecule has 0 saturated carbocycles. The highest BCUT2D eigenvalue weighted by Crippen LogP contribution is 2.53. The molecule has 12 aromatic rings. The van der Waals surface area contributed by atoms with E-state index in [4.69, 9.17) is 0 Å². The Morgan fingerprint density at radius 2 is 0.431 bits per heavy atom. The fourth-order valence-corrected chi connectivity index (χ4v) is 12.4. The Kier molecular flexibility index (Phi) is 16.6. The van der Waals surface area contributed by atoms with Crippen LogP contribution < -0.4 is 0 Å². The minimum absolute atomic E-state index is 0.164. The Hall–Kier alpha value is -10.3. The summed E-state index contributed by atoms with van der Waals surface area (Å²) in [6, 6.07) is 12.7. The number of alkyl halides is 30. The summed E-state index contributed by atoms with van der Waals surface area (Å²) in [6.45, 7) is 0. The Bertz CT molecular complexity index is 4800. The quantitative estimate of drug-likeness (QED) is 0.141. The van der Waals surface area contributed by atoms with E-state index in [-0.39, 0.29) is 48.5 Å². The lowest BCUT2D eigenvalue weighted by molar-refractivity contribution is -0.144. The molecule has 12 rings (SSSR count). The van der Waals surface area contributed by atoms with Crippen LogP contribution in [0.5, 0.6) is 0 Å². The van der Waals surface area contributed by atoms with Gasteiger partial charge in [0.1, 0.15) is 5.56 Å². The van der Waals surface area contributed by atoms with Gasteiger partial charge >= 0.3 is 61.8 Å². The maximum Gasteiger partial charge on any atom is 0.420 e. The van der Waals surface area contributed by atoms with E-state index in [9.17, 15) is 65.9 Å². The molecule has 0 atom stereocenters. The second-order valence-corrected chi connectivity index (χ2v) is 23.1. The molecule has 10 aromatic carbocycles. The SMILES string of the molecule is FC(F)(F)c1cccc(-c2cc(-n3c4cc(-c5ccc(C(F)(F)F)cc5C(F)(F)F)ccc4c4ccc(-c5ccc(C(F)(F)F)cc5C(F)(F)F)cc43)c(C(F)(F)F)c(-n3c4cc(-c5ccc(C(F)(F)F)cc5C(F)(F)F)ccc4c4ccc(-c5ccc(C(F)(F)F)cc5C(F)(F)F)cc43)c2)c1. The van der Waals surface area contributed by atoms with E-state index in [0.717, 1.165) is 54.6 Å². The van der Waals surface area contributed by atoms with Crippen LogP contribution >= 0.6 is 0 Å². The van der Waals surface area contributed by atoms with Gasteiger partial charge in [-0.3, -0.25) is 0 Å². The van der Waals surface area contributed by atoms with E-state index < -0.39 is 228 Å². The van der Waals surface area contributed by atoms with E-state index in [2.05, 4.69) is 0 Å². The van der Waals surface area contributed by atoms with E-state index >= 15 is 65.9 Å². The van der Waals surface area contributed by atoms with Gasteiger partial charge in [-0.25, -0.2) is 0 Å². The molecule has 0 unspecified atom stereocenters. The minimum atomic E-state index is -6.13. The summed E-state index contributed by atoms with van der Waals surface area (Å²) < 4.78 is 447. The van der Waals surface area contributed by atoms with Gasteiger partial charge in [0, 0.05) is 21.5 Å². The summed E-state index contributed by atoms with van der Waals surface area (Å²) in [6.07, 6.45) is -56.2. The number of benzene rings is 10. The zero-order chi connectivity index (χ0) is 74.7. The molecule has 0 aliphatic carbocycles. The molecule has 2 aromatic heterocycles. The first-order chi connectivity index (χ1) is 46.9. The first-order valence-corrected chi connectivity index (χ1v) is 28.6. The van der Waals surface area contributed by atoms with Crippen molar-refractivity contribution in [3.63, 3.8) is 0 Å². The van der Waals surface area contributed by atoms with Gasteiger partial charge in [0.15, 0.2) is 0 Å². The molecule has 0 radical (unpaired) electrons. The monoisotopic (exact) mass is 1470 g/mol. The smallest absolute Gasteiger partial charge is 0.308 e. The molecular formula is C70H30F30N2. The molecule has 0 spiro atoms. The maximum atomic E-state index is 17.5. The molecule has 0 amide bonds. The van der Waals surface area contributed by atoms with Crippen molar-refractivity contribution in [3.05, 3.63) is 238 Å². The van der Waals surface area contributed by atoms with Crippen LogP contribution in [0.4, 0.5) is 132 Å². The van der Waals surface area contributed by atoms with Gasteiger partial charge < -0.3 is 9.13 Å². The van der Waals surface area contributed by atoms with Crippen molar-refractivity contribution >= 4 is 43.6 Å². The summed E-state index contributed by atoms with van der Waals surface area (Å²) in [5.41, 5.74) is -35.2. The first kappa shape index (κ1) is 71.5. The van der Waals surface area contributed by atoms with Gasteiger partial charge in [-0.05, 0) is 153 Å². The molecule has 0 bridgehead atoms. The third-order valence-electron chi connectivity index (χ3n) is 16.8. The van der Waals surface area contributed by atoms with Crippen molar-refractivity contribution in [1.82, 2.24) is 9.13 Å². The van der Waals surface area contributed by atoms with Crippen LogP contribution in [-0.2, 0) is 61.8 Å². The van der Waals surface area contributed by atoms with Crippen LogP contribution in [0.1, 0.15) is 55.6 Å². The molecule has 0 aliphatic heterocycles. The van der Waals surface area contributed by atoms with Crippen LogP contribution in [0.2, 0.25) is 0 Å². The third kappa shape index (κ3) is 13.1. The lowest BCUT2D eigenvalue weighted by Crippen LogP contribution is -2.16. The molecule has 0 aliphatic rings. The van der Waals surface area contributed by atoms with E-state index in [0.29, 0.717) is 88.0 Å². The second-order valence-electron chi connectivity index (χ2n) is 23.1. The highest BCUT2D eigenvalue weighted by atomic mass is 19.4. The molecule has 0 N–H and O–H groups in total. The normalized spacial score (nSPS) is 13.6. The zero-order valence-electron chi connectivity index (χ0n) is 49.6. The van der Waals surface area contributed by atoms with Gasteiger partial charge in [-0.2, -0.15) is 132 Å². The third-order valence-corrected chi connectivity index (χ3v) is 16.8. The molecule has 530 valence electrons. The largest absolute Gasteiger partial charge is 0.420 e. The molecule has 2 nitrogen and oxygen atoms in total. The number of hydrogen-bond donors (Lipinski definition) is 0. The van der Waals surface area contributed by atoms with E-state index in [1.807, 2.05) is 0 Å². The fourth-order valence-electron chi connectivity index (χ4n) is 12.4. The summed E-state index contributed by atoms with van der Waals surface area (Å²) in [5, 5.41) is -1.76. The second kappa shape index (κ2) is 23.6. The van der Waals surface area contributed by atoms with Gasteiger partial charge in [0.2, 0.25) is 0 Å². The van der Waals surface area contributed by atoms with Crippen LogP contribution in [0.15, 0.2) is 182 Å². The minimum Gasteiger partial charge on any atom is -0.308 e. The molecule has 102 heavy (non-hydrogen) atoms. The Morgan fingerprint density at radius 3 is 0.657 bits per heavy atom. The van der Waals surface area contributed by atoms with Crippen molar-refractivity contribution in [1.29, 1.82) is 0 Å². The average molecular weight is 1470 g/mol. The van der Waals surface area contributed by atoms with Gasteiger partial charge in [0.25, 0.3) is 0 Å². The highest BCUT2D eigenvalue weighted by molar-refractivity contribution is 6.13. The zero-order valence-corrected chi connectivity index (χ0v) is 49.6. The Morgan fingerprint density at radius 1 is 0.186 bits per heavy atom. The highest BCUT2D eigenvalue weighted by Gasteiger charge is 2.45. The molecule has 0 saturated heterocycles. The van der Waals surface area contributed by atoms with E-state index in [1.165, 1.54) is 0 Å². The lowest BCUT2D eigenvalue weighted by Gasteiger charge is -2.24. The van der Waals surface area contributed by atoms with Crippen molar-refractivity contribution in [2.75, 3.05) is 0 Å². The van der Waals surface area contributed by atoms with Crippen LogP contribution in [0.25, 0.3) is 111 Å². The van der Waals surface area contributed by atoms with Crippen molar-refractivity contribution in [3.8, 4) is 67.0 Å². The molecule has 32 heteroatoms. The van der Waals surface area contributed by atoms with Crippen molar-refractivity contribution in [2.24, 2.45) is 0 Å². The van der Waals surface area contributed by atoms with E-state index in [1.54, 1.807) is 0 Å². The van der Waals surface area contributed by atoms with Gasteiger partial charge in [-0.15, -0.1) is 0 Å². The Balaban J connectivity index is 1.30. The summed E-state index contributed by atoms with van der Waals surface area (Å²) >= 11 is 0. The maximum absolute atomic E-state index is 17.5. The van der Waals surface area contributed by atoms with Gasteiger partial charge in [-0.1, -0.05) is 84.9 Å². The fraction of sp³-hybridized carbons (Fsp3) is 0.143. The standard InChI is InChI=1S/C70H30F30N2/c71-61(72,73)37-3-1-2-31(20-37)36-25-58(101-54-21-32(42-16-8-38(62(74,75)76)27-50(42)66(86,87)88)4-12-46(54)47-13-5-33(22-55(47)101)43-17-9-39(63(77,78)79)28-51(43)67(89,90)91)60(70(98,99)100)59(26-36)102-56-23-34(44-18-10-40(64(80,81)82)29-52(44)68(92,93)94)6-14-48(56)49-15-7-35(24-57(49)102)45-19-11-41(65(83,84)85)30-53(45)69(95,96)97/h1-30H.